The molecule has 8 nitrogen and oxygen atoms in total. The lowest BCUT2D eigenvalue weighted by Gasteiger charge is -2.46. The van der Waals surface area contributed by atoms with Crippen molar-refractivity contribution in [2.24, 2.45) is 11.3 Å². The van der Waals surface area contributed by atoms with Crippen molar-refractivity contribution < 1.29 is 23.9 Å². The van der Waals surface area contributed by atoms with Gasteiger partial charge in [-0.3, -0.25) is 19.2 Å². The molecule has 0 radical (unpaired) electrons. The maximum absolute atomic E-state index is 13.8. The summed E-state index contributed by atoms with van der Waals surface area (Å²) in [4.78, 5) is 55.4. The van der Waals surface area contributed by atoms with E-state index in [9.17, 15) is 19.2 Å². The SMILES string of the molecule is COC(=O)[C@]12CCCCC=C1N(CCC1=CCCCC1)C(=O)[C@H](CC(=O)NCCCN1CCCC1=O)C2. The van der Waals surface area contributed by atoms with Crippen LogP contribution in [0.1, 0.15) is 89.9 Å². The fourth-order valence-electron chi connectivity index (χ4n) is 6.55. The van der Waals surface area contributed by atoms with Crippen molar-refractivity contribution in [3.63, 3.8) is 0 Å². The second-order valence-corrected chi connectivity index (χ2v) is 11.0. The minimum Gasteiger partial charge on any atom is -0.468 e. The summed E-state index contributed by atoms with van der Waals surface area (Å²) in [6, 6.07) is 0. The van der Waals surface area contributed by atoms with Gasteiger partial charge in [0.15, 0.2) is 0 Å². The highest BCUT2D eigenvalue weighted by Gasteiger charge is 2.53. The number of carbonyl (C=O) groups is 4. The van der Waals surface area contributed by atoms with Crippen LogP contribution in [0.3, 0.4) is 0 Å². The van der Waals surface area contributed by atoms with E-state index in [1.807, 2.05) is 9.80 Å². The molecule has 2 fully saturated rings. The van der Waals surface area contributed by atoms with Gasteiger partial charge in [-0.1, -0.05) is 24.1 Å². The third kappa shape index (κ3) is 6.44. The van der Waals surface area contributed by atoms with E-state index in [1.165, 1.54) is 25.5 Å². The van der Waals surface area contributed by atoms with Crippen LogP contribution in [0.25, 0.3) is 0 Å². The molecule has 0 saturated carbocycles. The van der Waals surface area contributed by atoms with E-state index in [4.69, 9.17) is 4.74 Å². The molecule has 204 valence electrons. The number of rotatable bonds is 10. The number of amides is 3. The smallest absolute Gasteiger partial charge is 0.317 e. The van der Waals surface area contributed by atoms with E-state index >= 15 is 0 Å². The number of hydrogen-bond donors (Lipinski definition) is 1. The number of ether oxygens (including phenoxy) is 1. The molecule has 0 aromatic rings. The quantitative estimate of drug-likeness (QED) is 0.272. The Labute approximate surface area is 220 Å². The molecule has 2 heterocycles. The molecule has 2 aliphatic heterocycles. The normalized spacial score (nSPS) is 26.2. The van der Waals surface area contributed by atoms with E-state index in [-0.39, 0.29) is 30.1 Å². The van der Waals surface area contributed by atoms with Crippen molar-refractivity contribution in [1.29, 1.82) is 0 Å². The largest absolute Gasteiger partial charge is 0.468 e. The van der Waals surface area contributed by atoms with Crippen LogP contribution in [0.5, 0.6) is 0 Å². The summed E-state index contributed by atoms with van der Waals surface area (Å²) in [5.74, 6) is -0.904. The van der Waals surface area contributed by atoms with Gasteiger partial charge in [0.25, 0.3) is 0 Å². The zero-order chi connectivity index (χ0) is 26.3. The highest BCUT2D eigenvalue weighted by atomic mass is 16.5. The Morgan fingerprint density at radius 1 is 1.05 bits per heavy atom. The third-order valence-electron chi connectivity index (χ3n) is 8.53. The van der Waals surface area contributed by atoms with Gasteiger partial charge in [-0.05, 0) is 70.6 Å². The van der Waals surface area contributed by atoms with Crippen LogP contribution in [0.2, 0.25) is 0 Å². The molecule has 2 saturated heterocycles. The predicted molar refractivity (Wildman–Crippen MR) is 140 cm³/mol. The molecule has 1 N–H and O–H groups in total. The minimum absolute atomic E-state index is 0.0538. The molecule has 4 aliphatic rings. The number of esters is 1. The topological polar surface area (TPSA) is 96.0 Å². The lowest BCUT2D eigenvalue weighted by molar-refractivity contribution is -0.159. The number of methoxy groups -OCH3 is 1. The summed E-state index contributed by atoms with van der Waals surface area (Å²) in [7, 11) is 1.42. The summed E-state index contributed by atoms with van der Waals surface area (Å²) < 4.78 is 5.31. The van der Waals surface area contributed by atoms with Crippen molar-refractivity contribution >= 4 is 23.7 Å². The van der Waals surface area contributed by atoms with Crippen LogP contribution in [-0.2, 0) is 23.9 Å². The standard InChI is InChI=1S/C29H43N3O5/c1-37-28(36)29-15-7-3-6-12-24(29)32(19-14-22-10-4-2-5-11-22)27(35)23(21-29)20-25(33)30-16-9-18-31-17-8-13-26(31)34/h10,12,23H,2-9,11,13-21H2,1H3,(H,30,33)/t23-,29+/m1/s1. The maximum atomic E-state index is 13.8. The Kier molecular flexibility index (Phi) is 9.43. The van der Waals surface area contributed by atoms with Gasteiger partial charge in [0.2, 0.25) is 17.7 Å². The Morgan fingerprint density at radius 3 is 2.59 bits per heavy atom. The first-order valence-corrected chi connectivity index (χ1v) is 14.3. The fourth-order valence-corrected chi connectivity index (χ4v) is 6.55. The Bertz CT molecular complexity index is 942. The van der Waals surface area contributed by atoms with Crippen molar-refractivity contribution in [2.75, 3.05) is 33.3 Å². The van der Waals surface area contributed by atoms with E-state index < -0.39 is 11.3 Å². The van der Waals surface area contributed by atoms with Crippen LogP contribution in [-0.4, -0.2) is 66.8 Å². The van der Waals surface area contributed by atoms with Gasteiger partial charge in [-0.2, -0.15) is 0 Å². The minimum atomic E-state index is -0.874. The average molecular weight is 514 g/mol. The number of nitrogens with zero attached hydrogens (tertiary/aromatic N) is 2. The van der Waals surface area contributed by atoms with Crippen LogP contribution in [0.4, 0.5) is 0 Å². The molecule has 37 heavy (non-hydrogen) atoms. The van der Waals surface area contributed by atoms with E-state index in [2.05, 4.69) is 17.5 Å². The number of fused-ring (bicyclic) bond motifs is 1. The van der Waals surface area contributed by atoms with Gasteiger partial charge >= 0.3 is 5.97 Å². The molecule has 0 aromatic heterocycles. The second kappa shape index (κ2) is 12.7. The summed E-state index contributed by atoms with van der Waals surface area (Å²) in [5.41, 5.74) is 1.31. The van der Waals surface area contributed by atoms with Crippen molar-refractivity contribution in [2.45, 2.75) is 89.9 Å². The zero-order valence-electron chi connectivity index (χ0n) is 22.4. The molecule has 2 aliphatic carbocycles. The van der Waals surface area contributed by atoms with Crippen molar-refractivity contribution in [3.05, 3.63) is 23.4 Å². The second-order valence-electron chi connectivity index (χ2n) is 11.0. The van der Waals surface area contributed by atoms with Crippen LogP contribution >= 0.6 is 0 Å². The monoisotopic (exact) mass is 513 g/mol. The van der Waals surface area contributed by atoms with Gasteiger partial charge in [-0.25, -0.2) is 0 Å². The summed E-state index contributed by atoms with van der Waals surface area (Å²) in [6.07, 6.45) is 15.7. The Hall–Kier alpha value is -2.64. The highest BCUT2D eigenvalue weighted by Crippen LogP contribution is 2.49. The van der Waals surface area contributed by atoms with Gasteiger partial charge in [0.05, 0.1) is 7.11 Å². The first-order valence-electron chi connectivity index (χ1n) is 14.3. The molecular formula is C29H43N3O5. The Balaban J connectivity index is 1.45. The number of carbonyl (C=O) groups excluding carboxylic acids is 4. The molecular weight excluding hydrogens is 470 g/mol. The molecule has 2 atom stereocenters. The van der Waals surface area contributed by atoms with Crippen molar-refractivity contribution in [3.8, 4) is 0 Å². The lowest BCUT2D eigenvalue weighted by Crippen LogP contribution is -2.53. The number of hydrogen-bond acceptors (Lipinski definition) is 5. The van der Waals surface area contributed by atoms with Gasteiger partial charge < -0.3 is 19.9 Å². The molecule has 0 unspecified atom stereocenters. The zero-order valence-corrected chi connectivity index (χ0v) is 22.4. The van der Waals surface area contributed by atoms with Gasteiger partial charge in [0.1, 0.15) is 5.41 Å². The highest BCUT2D eigenvalue weighted by molar-refractivity contribution is 5.92. The van der Waals surface area contributed by atoms with Gasteiger partial charge in [-0.15, -0.1) is 0 Å². The first-order chi connectivity index (χ1) is 17.9. The van der Waals surface area contributed by atoms with E-state index in [0.29, 0.717) is 45.3 Å². The van der Waals surface area contributed by atoms with Crippen LogP contribution < -0.4 is 5.32 Å². The molecule has 0 aromatic carbocycles. The molecule has 3 amide bonds. The number of allylic oxidation sites excluding steroid dienone is 2. The summed E-state index contributed by atoms with van der Waals surface area (Å²) in [6.45, 7) is 2.44. The Morgan fingerprint density at radius 2 is 1.86 bits per heavy atom. The predicted octanol–water partition coefficient (Wildman–Crippen LogP) is 3.86. The molecule has 0 spiro atoms. The fraction of sp³-hybridized carbons (Fsp3) is 0.724. The molecule has 8 heteroatoms. The number of nitrogens with one attached hydrogen (secondary N) is 1. The number of piperidine rings is 1. The van der Waals surface area contributed by atoms with E-state index in [1.54, 1.807) is 0 Å². The maximum Gasteiger partial charge on any atom is 0.317 e. The molecule has 0 bridgehead atoms. The summed E-state index contributed by atoms with van der Waals surface area (Å²) in [5, 5.41) is 2.94. The molecule has 4 rings (SSSR count). The van der Waals surface area contributed by atoms with Crippen molar-refractivity contribution in [1.82, 2.24) is 15.1 Å². The summed E-state index contributed by atoms with van der Waals surface area (Å²) >= 11 is 0. The van der Waals surface area contributed by atoms with E-state index in [0.717, 1.165) is 57.2 Å². The van der Waals surface area contributed by atoms with Crippen LogP contribution in [0, 0.1) is 11.3 Å². The number of likely N-dealkylation sites (tertiary alicyclic amines) is 2. The first kappa shape index (κ1) is 27.4. The average Bonchev–Trinajstić information content (AvgIpc) is 3.19. The van der Waals surface area contributed by atoms with Gasteiger partial charge in [0, 0.05) is 50.6 Å². The van der Waals surface area contributed by atoms with Crippen LogP contribution in [0.15, 0.2) is 23.4 Å². The third-order valence-corrected chi connectivity index (χ3v) is 8.53. The lowest BCUT2D eigenvalue weighted by atomic mass is 9.69.